The lowest BCUT2D eigenvalue weighted by Gasteiger charge is -2.31. The predicted octanol–water partition coefficient (Wildman–Crippen LogP) is 3.18. The number of hydrogen-bond acceptors (Lipinski definition) is 3. The molecule has 1 aliphatic heterocycles. The molecule has 1 aromatic heterocycles. The Balaban J connectivity index is 2.32. The molecule has 2 rings (SSSR count). The van der Waals surface area contributed by atoms with Gasteiger partial charge in [0, 0.05) is 6.20 Å². The maximum atomic E-state index is 12.0. The molecule has 0 bridgehead atoms. The van der Waals surface area contributed by atoms with Gasteiger partial charge in [0.1, 0.15) is 6.61 Å². The van der Waals surface area contributed by atoms with Crippen LogP contribution in [-0.4, -0.2) is 28.6 Å². The molecule has 0 N–H and O–H groups in total. The molecule has 1 aliphatic rings. The molecular formula is C15H20N2O2. The smallest absolute Gasteiger partial charge is 0.410 e. The predicted molar refractivity (Wildman–Crippen MR) is 73.6 cm³/mol. The van der Waals surface area contributed by atoms with Gasteiger partial charge in [0.05, 0.1) is 17.8 Å². The van der Waals surface area contributed by atoms with Crippen LogP contribution in [0.2, 0.25) is 0 Å². The van der Waals surface area contributed by atoms with Crippen LogP contribution in [0.1, 0.15) is 32.0 Å². The van der Waals surface area contributed by atoms with E-state index in [0.717, 1.165) is 5.69 Å². The average Bonchev–Trinajstić information content (AvgIpc) is 2.79. The largest absolute Gasteiger partial charge is 0.447 e. The van der Waals surface area contributed by atoms with E-state index in [0.29, 0.717) is 18.9 Å². The quantitative estimate of drug-likeness (QED) is 0.764. The van der Waals surface area contributed by atoms with Crippen LogP contribution in [0.4, 0.5) is 4.79 Å². The highest BCUT2D eigenvalue weighted by Gasteiger charge is 2.40. The van der Waals surface area contributed by atoms with Gasteiger partial charge in [-0.05, 0) is 24.5 Å². The Labute approximate surface area is 114 Å². The molecule has 0 unspecified atom stereocenters. The van der Waals surface area contributed by atoms with E-state index in [2.05, 4.69) is 25.4 Å². The standard InChI is InChI=1S/C15H20N2O2/c1-4-7-13(12-8-5-6-9-16-12)17-14(11(2)3)10-19-15(17)18/h4-6,8-9,11,13-14H,1,7,10H2,2-3H3/t13-,14+/m0/s1. The normalized spacial score (nSPS) is 20.5. The third-order valence-corrected chi connectivity index (χ3v) is 3.47. The Hall–Kier alpha value is -1.84. The van der Waals surface area contributed by atoms with Crippen LogP contribution in [-0.2, 0) is 4.74 Å². The number of rotatable bonds is 5. The van der Waals surface area contributed by atoms with Gasteiger partial charge in [-0.1, -0.05) is 26.0 Å². The summed E-state index contributed by atoms with van der Waals surface area (Å²) in [5.74, 6) is 0.350. The minimum Gasteiger partial charge on any atom is -0.447 e. The van der Waals surface area contributed by atoms with Gasteiger partial charge in [-0.3, -0.25) is 9.88 Å². The van der Waals surface area contributed by atoms with Crippen molar-refractivity contribution < 1.29 is 9.53 Å². The van der Waals surface area contributed by atoms with Crippen LogP contribution in [0.3, 0.4) is 0 Å². The number of ether oxygens (including phenoxy) is 1. The Bertz CT molecular complexity index is 445. The van der Waals surface area contributed by atoms with Gasteiger partial charge in [0.25, 0.3) is 0 Å². The topological polar surface area (TPSA) is 42.4 Å². The van der Waals surface area contributed by atoms with Crippen molar-refractivity contribution in [2.24, 2.45) is 5.92 Å². The molecule has 2 heterocycles. The first-order valence-corrected chi connectivity index (χ1v) is 6.62. The third kappa shape index (κ3) is 2.78. The van der Waals surface area contributed by atoms with Gasteiger partial charge in [0.2, 0.25) is 0 Å². The van der Waals surface area contributed by atoms with Gasteiger partial charge < -0.3 is 4.74 Å². The zero-order valence-corrected chi connectivity index (χ0v) is 11.5. The van der Waals surface area contributed by atoms with Crippen LogP contribution in [0.25, 0.3) is 0 Å². The minimum atomic E-state index is -0.254. The number of cyclic esters (lactones) is 1. The summed E-state index contributed by atoms with van der Waals surface area (Å²) in [5, 5.41) is 0. The zero-order chi connectivity index (χ0) is 13.8. The van der Waals surface area contributed by atoms with Gasteiger partial charge in [-0.25, -0.2) is 4.79 Å². The summed E-state index contributed by atoms with van der Waals surface area (Å²) in [6, 6.07) is 5.75. The van der Waals surface area contributed by atoms with Crippen molar-refractivity contribution >= 4 is 6.09 Å². The van der Waals surface area contributed by atoms with Gasteiger partial charge in [-0.15, -0.1) is 6.58 Å². The molecule has 1 aromatic rings. The third-order valence-electron chi connectivity index (χ3n) is 3.47. The van der Waals surface area contributed by atoms with Crippen molar-refractivity contribution in [3.63, 3.8) is 0 Å². The van der Waals surface area contributed by atoms with E-state index in [1.54, 1.807) is 6.20 Å². The molecule has 0 aromatic carbocycles. The van der Waals surface area contributed by atoms with Crippen molar-refractivity contribution in [2.75, 3.05) is 6.61 Å². The number of hydrogen-bond donors (Lipinski definition) is 0. The first-order valence-electron chi connectivity index (χ1n) is 6.62. The van der Waals surface area contributed by atoms with E-state index < -0.39 is 0 Å². The molecule has 0 saturated carbocycles. The van der Waals surface area contributed by atoms with Crippen molar-refractivity contribution in [3.8, 4) is 0 Å². The molecular weight excluding hydrogens is 240 g/mol. The highest BCUT2D eigenvalue weighted by molar-refractivity contribution is 5.70. The Morgan fingerprint density at radius 3 is 2.95 bits per heavy atom. The zero-order valence-electron chi connectivity index (χ0n) is 11.5. The fourth-order valence-corrected chi connectivity index (χ4v) is 2.43. The summed E-state index contributed by atoms with van der Waals surface area (Å²) in [4.78, 5) is 18.2. The second kappa shape index (κ2) is 5.87. The maximum absolute atomic E-state index is 12.0. The lowest BCUT2D eigenvalue weighted by atomic mass is 10.00. The number of carbonyl (C=O) groups is 1. The van der Waals surface area contributed by atoms with E-state index in [1.807, 2.05) is 29.2 Å². The first kappa shape index (κ1) is 13.6. The summed E-state index contributed by atoms with van der Waals surface area (Å²) in [6.07, 6.45) is 3.99. The molecule has 0 radical (unpaired) electrons. The lowest BCUT2D eigenvalue weighted by Crippen LogP contribution is -2.40. The van der Waals surface area contributed by atoms with Crippen LogP contribution in [0.15, 0.2) is 37.1 Å². The van der Waals surface area contributed by atoms with Crippen LogP contribution in [0.5, 0.6) is 0 Å². The molecule has 0 spiro atoms. The molecule has 102 valence electrons. The lowest BCUT2D eigenvalue weighted by molar-refractivity contribution is 0.138. The SMILES string of the molecule is C=CC[C@@H](c1ccccn1)N1C(=O)OC[C@@H]1C(C)C. The number of aromatic nitrogens is 1. The average molecular weight is 260 g/mol. The number of nitrogens with zero attached hydrogens (tertiary/aromatic N) is 2. The second-order valence-electron chi connectivity index (χ2n) is 5.09. The molecule has 4 heteroatoms. The Morgan fingerprint density at radius 1 is 1.58 bits per heavy atom. The second-order valence-corrected chi connectivity index (χ2v) is 5.09. The minimum absolute atomic E-state index is 0.0962. The maximum Gasteiger partial charge on any atom is 0.410 e. The molecule has 19 heavy (non-hydrogen) atoms. The summed E-state index contributed by atoms with van der Waals surface area (Å²) in [7, 11) is 0. The fourth-order valence-electron chi connectivity index (χ4n) is 2.43. The van der Waals surface area contributed by atoms with Crippen LogP contribution in [0, 0.1) is 5.92 Å². The molecule has 0 aliphatic carbocycles. The number of carbonyl (C=O) groups excluding carboxylic acids is 1. The molecule has 4 nitrogen and oxygen atoms in total. The first-order chi connectivity index (χ1) is 9.15. The molecule has 2 atom stereocenters. The summed E-state index contributed by atoms with van der Waals surface area (Å²) in [6.45, 7) is 8.44. The highest BCUT2D eigenvalue weighted by Crippen LogP contribution is 2.32. The van der Waals surface area contributed by atoms with Crippen molar-refractivity contribution in [2.45, 2.75) is 32.4 Å². The van der Waals surface area contributed by atoms with Gasteiger partial charge in [-0.2, -0.15) is 0 Å². The summed E-state index contributed by atoms with van der Waals surface area (Å²) < 4.78 is 5.21. The van der Waals surface area contributed by atoms with E-state index in [9.17, 15) is 4.79 Å². The molecule has 1 amide bonds. The molecule has 1 fully saturated rings. The van der Waals surface area contributed by atoms with Crippen molar-refractivity contribution in [3.05, 3.63) is 42.7 Å². The van der Waals surface area contributed by atoms with Gasteiger partial charge >= 0.3 is 6.09 Å². The van der Waals surface area contributed by atoms with Gasteiger partial charge in [0.15, 0.2) is 0 Å². The fraction of sp³-hybridized carbons (Fsp3) is 0.467. The van der Waals surface area contributed by atoms with E-state index in [4.69, 9.17) is 4.74 Å². The van der Waals surface area contributed by atoms with E-state index >= 15 is 0 Å². The summed E-state index contributed by atoms with van der Waals surface area (Å²) >= 11 is 0. The molecule has 1 saturated heterocycles. The summed E-state index contributed by atoms with van der Waals surface area (Å²) in [5.41, 5.74) is 0.881. The van der Waals surface area contributed by atoms with Crippen molar-refractivity contribution in [1.29, 1.82) is 0 Å². The van der Waals surface area contributed by atoms with Crippen LogP contribution < -0.4 is 0 Å². The Morgan fingerprint density at radius 2 is 2.37 bits per heavy atom. The Kier molecular flexibility index (Phi) is 4.20. The number of pyridine rings is 1. The number of amides is 1. The van der Waals surface area contributed by atoms with E-state index in [-0.39, 0.29) is 18.2 Å². The van der Waals surface area contributed by atoms with Crippen LogP contribution >= 0.6 is 0 Å². The highest BCUT2D eigenvalue weighted by atomic mass is 16.6. The van der Waals surface area contributed by atoms with Crippen molar-refractivity contribution in [1.82, 2.24) is 9.88 Å². The van der Waals surface area contributed by atoms with E-state index in [1.165, 1.54) is 0 Å². The monoisotopic (exact) mass is 260 g/mol.